The van der Waals surface area contributed by atoms with E-state index >= 15 is 0 Å². The molecule has 23 heavy (non-hydrogen) atoms. The SMILES string of the molecule is CCc1ccc(OCc2nc3cc(OC)c(OC)cc3[nH]2)cc1. The second-order valence-electron chi connectivity index (χ2n) is 5.19. The molecule has 0 saturated carbocycles. The summed E-state index contributed by atoms with van der Waals surface area (Å²) in [6.07, 6.45) is 1.02. The van der Waals surface area contributed by atoms with Crippen molar-refractivity contribution >= 4 is 11.0 Å². The summed E-state index contributed by atoms with van der Waals surface area (Å²) < 4.78 is 16.4. The van der Waals surface area contributed by atoms with Crippen molar-refractivity contribution in [2.24, 2.45) is 0 Å². The lowest BCUT2D eigenvalue weighted by molar-refractivity contribution is 0.297. The van der Waals surface area contributed by atoms with Crippen molar-refractivity contribution in [3.63, 3.8) is 0 Å². The van der Waals surface area contributed by atoms with Gasteiger partial charge in [0.2, 0.25) is 0 Å². The Balaban J connectivity index is 1.77. The largest absolute Gasteiger partial charge is 0.493 e. The Labute approximate surface area is 135 Å². The molecule has 1 N–H and O–H groups in total. The Kier molecular flexibility index (Phi) is 4.37. The lowest BCUT2D eigenvalue weighted by atomic mass is 10.2. The summed E-state index contributed by atoms with van der Waals surface area (Å²) in [6.45, 7) is 2.51. The molecular weight excluding hydrogens is 292 g/mol. The Morgan fingerprint density at radius 3 is 2.35 bits per heavy atom. The number of nitrogens with zero attached hydrogens (tertiary/aromatic N) is 1. The van der Waals surface area contributed by atoms with Gasteiger partial charge in [0.05, 0.1) is 25.3 Å². The summed E-state index contributed by atoms with van der Waals surface area (Å²) >= 11 is 0. The van der Waals surface area contributed by atoms with Gasteiger partial charge in [-0.25, -0.2) is 4.98 Å². The molecule has 120 valence electrons. The molecule has 0 aliphatic carbocycles. The van der Waals surface area contributed by atoms with Crippen LogP contribution < -0.4 is 14.2 Å². The molecule has 1 aromatic heterocycles. The number of methoxy groups -OCH3 is 2. The van der Waals surface area contributed by atoms with Crippen LogP contribution in [0.25, 0.3) is 11.0 Å². The summed E-state index contributed by atoms with van der Waals surface area (Å²) in [5, 5.41) is 0. The number of aryl methyl sites for hydroxylation is 1. The summed E-state index contributed by atoms with van der Waals surface area (Å²) in [7, 11) is 3.23. The highest BCUT2D eigenvalue weighted by Crippen LogP contribution is 2.31. The molecule has 0 amide bonds. The molecule has 0 aliphatic heterocycles. The first-order valence-electron chi connectivity index (χ1n) is 7.56. The number of fused-ring (bicyclic) bond motifs is 1. The predicted molar refractivity (Wildman–Crippen MR) is 89.3 cm³/mol. The summed E-state index contributed by atoms with van der Waals surface area (Å²) in [4.78, 5) is 7.77. The predicted octanol–water partition coefficient (Wildman–Crippen LogP) is 3.72. The van der Waals surface area contributed by atoms with E-state index in [1.807, 2.05) is 24.3 Å². The number of hydrogen-bond donors (Lipinski definition) is 1. The molecule has 0 radical (unpaired) electrons. The van der Waals surface area contributed by atoms with E-state index in [1.54, 1.807) is 14.2 Å². The third-order valence-corrected chi connectivity index (χ3v) is 3.74. The first-order chi connectivity index (χ1) is 11.2. The molecule has 0 spiro atoms. The van der Waals surface area contributed by atoms with Gasteiger partial charge in [0.1, 0.15) is 18.2 Å². The van der Waals surface area contributed by atoms with Gasteiger partial charge in [0.25, 0.3) is 0 Å². The zero-order valence-corrected chi connectivity index (χ0v) is 13.6. The Morgan fingerprint density at radius 1 is 1.00 bits per heavy atom. The van der Waals surface area contributed by atoms with Gasteiger partial charge in [-0.3, -0.25) is 0 Å². The molecule has 3 rings (SSSR count). The van der Waals surface area contributed by atoms with Crippen molar-refractivity contribution < 1.29 is 14.2 Å². The number of hydrogen-bond acceptors (Lipinski definition) is 4. The van der Waals surface area contributed by atoms with Crippen molar-refractivity contribution in [1.29, 1.82) is 0 Å². The number of nitrogens with one attached hydrogen (secondary N) is 1. The molecule has 5 heteroatoms. The van der Waals surface area contributed by atoms with Crippen molar-refractivity contribution in [3.8, 4) is 17.2 Å². The minimum absolute atomic E-state index is 0.380. The van der Waals surface area contributed by atoms with Crippen LogP contribution >= 0.6 is 0 Å². The standard InChI is InChI=1S/C18H20N2O3/c1-4-12-5-7-13(8-6-12)23-11-18-19-14-9-16(21-2)17(22-3)10-15(14)20-18/h5-10H,4,11H2,1-3H3,(H,19,20). The molecule has 1 heterocycles. The van der Waals surface area contributed by atoms with Crippen LogP contribution in [0.15, 0.2) is 36.4 Å². The third-order valence-electron chi connectivity index (χ3n) is 3.74. The van der Waals surface area contributed by atoms with Gasteiger partial charge in [-0.05, 0) is 24.1 Å². The topological polar surface area (TPSA) is 56.4 Å². The zero-order chi connectivity index (χ0) is 16.2. The van der Waals surface area contributed by atoms with Crippen LogP contribution in [-0.4, -0.2) is 24.2 Å². The van der Waals surface area contributed by atoms with Gasteiger partial charge >= 0.3 is 0 Å². The summed E-state index contributed by atoms with van der Waals surface area (Å²) in [6, 6.07) is 11.8. The number of benzene rings is 2. The van der Waals surface area contributed by atoms with E-state index in [9.17, 15) is 0 Å². The first-order valence-corrected chi connectivity index (χ1v) is 7.56. The zero-order valence-electron chi connectivity index (χ0n) is 13.6. The lowest BCUT2D eigenvalue weighted by Gasteiger charge is -2.06. The Bertz CT molecular complexity index is 753. The van der Waals surface area contributed by atoms with Crippen molar-refractivity contribution in [3.05, 3.63) is 47.8 Å². The molecule has 5 nitrogen and oxygen atoms in total. The second-order valence-corrected chi connectivity index (χ2v) is 5.19. The number of aromatic amines is 1. The van der Waals surface area contributed by atoms with Gasteiger partial charge in [0, 0.05) is 12.1 Å². The first kappa shape index (κ1) is 15.2. The molecule has 0 unspecified atom stereocenters. The summed E-state index contributed by atoms with van der Waals surface area (Å²) in [5.41, 5.74) is 3.01. The van der Waals surface area contributed by atoms with Gasteiger partial charge in [0.15, 0.2) is 11.5 Å². The van der Waals surface area contributed by atoms with Gasteiger partial charge in [-0.1, -0.05) is 19.1 Å². The fraction of sp³-hybridized carbons (Fsp3) is 0.278. The average Bonchev–Trinajstić information content (AvgIpc) is 3.00. The molecule has 0 atom stereocenters. The van der Waals surface area contributed by atoms with Crippen LogP contribution in [0.4, 0.5) is 0 Å². The molecule has 0 fully saturated rings. The number of rotatable bonds is 6. The van der Waals surface area contributed by atoms with Crippen LogP contribution in [-0.2, 0) is 13.0 Å². The molecule has 0 saturated heterocycles. The van der Waals surface area contributed by atoms with E-state index in [0.717, 1.165) is 29.0 Å². The monoisotopic (exact) mass is 312 g/mol. The van der Waals surface area contributed by atoms with Gasteiger partial charge < -0.3 is 19.2 Å². The van der Waals surface area contributed by atoms with Crippen LogP contribution in [0, 0.1) is 0 Å². The van der Waals surface area contributed by atoms with E-state index < -0.39 is 0 Å². The van der Waals surface area contributed by atoms with E-state index in [1.165, 1.54) is 5.56 Å². The van der Waals surface area contributed by atoms with Crippen molar-refractivity contribution in [1.82, 2.24) is 9.97 Å². The van der Waals surface area contributed by atoms with Crippen LogP contribution in [0.5, 0.6) is 17.2 Å². The van der Waals surface area contributed by atoms with Crippen molar-refractivity contribution in [2.45, 2.75) is 20.0 Å². The smallest absolute Gasteiger partial charge is 0.163 e. The second kappa shape index (κ2) is 6.60. The molecule has 0 bridgehead atoms. The third kappa shape index (κ3) is 3.23. The number of H-pyrrole nitrogens is 1. The van der Waals surface area contributed by atoms with Gasteiger partial charge in [-0.2, -0.15) is 0 Å². The highest BCUT2D eigenvalue weighted by Gasteiger charge is 2.10. The maximum absolute atomic E-state index is 5.78. The number of aromatic nitrogens is 2. The molecule has 2 aromatic carbocycles. The van der Waals surface area contributed by atoms with Gasteiger partial charge in [-0.15, -0.1) is 0 Å². The van der Waals surface area contributed by atoms with E-state index in [-0.39, 0.29) is 0 Å². The normalized spacial score (nSPS) is 10.7. The highest BCUT2D eigenvalue weighted by atomic mass is 16.5. The summed E-state index contributed by atoms with van der Waals surface area (Å²) in [5.74, 6) is 2.92. The van der Waals surface area contributed by atoms with E-state index in [4.69, 9.17) is 14.2 Å². The fourth-order valence-electron chi connectivity index (χ4n) is 2.43. The molecule has 0 aliphatic rings. The highest BCUT2D eigenvalue weighted by molar-refractivity contribution is 5.79. The Hall–Kier alpha value is -2.69. The number of imidazole rings is 1. The lowest BCUT2D eigenvalue weighted by Crippen LogP contribution is -1.97. The quantitative estimate of drug-likeness (QED) is 0.753. The maximum Gasteiger partial charge on any atom is 0.163 e. The Morgan fingerprint density at radius 2 is 1.70 bits per heavy atom. The average molecular weight is 312 g/mol. The van der Waals surface area contributed by atoms with E-state index in [2.05, 4.69) is 29.0 Å². The van der Waals surface area contributed by atoms with Crippen LogP contribution in [0.3, 0.4) is 0 Å². The fourth-order valence-corrected chi connectivity index (χ4v) is 2.43. The molecular formula is C18H20N2O3. The number of ether oxygens (including phenoxy) is 3. The van der Waals surface area contributed by atoms with Crippen LogP contribution in [0.1, 0.15) is 18.3 Å². The molecule has 3 aromatic rings. The van der Waals surface area contributed by atoms with E-state index in [0.29, 0.717) is 18.1 Å². The van der Waals surface area contributed by atoms with Crippen molar-refractivity contribution in [2.75, 3.05) is 14.2 Å². The maximum atomic E-state index is 5.78. The minimum atomic E-state index is 0.380. The van der Waals surface area contributed by atoms with Crippen LogP contribution in [0.2, 0.25) is 0 Å². The minimum Gasteiger partial charge on any atom is -0.493 e.